The van der Waals surface area contributed by atoms with E-state index in [1.165, 1.54) is 35.0 Å². The second-order valence-electron chi connectivity index (χ2n) is 7.37. The molecule has 0 saturated heterocycles. The molecule has 0 fully saturated rings. The van der Waals surface area contributed by atoms with Gasteiger partial charge >= 0.3 is 0 Å². The molecular weight excluding hydrogens is 441 g/mol. The lowest BCUT2D eigenvalue weighted by molar-refractivity contribution is -0.116. The highest BCUT2D eigenvalue weighted by molar-refractivity contribution is 8.00. The summed E-state index contributed by atoms with van der Waals surface area (Å²) in [5.41, 5.74) is 3.30. The maximum atomic E-state index is 13.1. The van der Waals surface area contributed by atoms with E-state index in [9.17, 15) is 9.18 Å². The summed E-state index contributed by atoms with van der Waals surface area (Å²) >= 11 is 2.99. The number of hydrogen-bond donors (Lipinski definition) is 0. The van der Waals surface area contributed by atoms with Gasteiger partial charge in [0.1, 0.15) is 5.82 Å². The Labute approximate surface area is 191 Å². The molecule has 2 aromatic carbocycles. The first-order chi connectivity index (χ1) is 13.8. The molecule has 0 saturated carbocycles. The van der Waals surface area contributed by atoms with E-state index in [1.807, 2.05) is 14.1 Å². The summed E-state index contributed by atoms with van der Waals surface area (Å²) in [4.78, 5) is 22.6. The Kier molecular flexibility index (Phi) is 9.09. The van der Waals surface area contributed by atoms with E-state index in [0.29, 0.717) is 12.3 Å². The molecule has 1 aromatic heterocycles. The van der Waals surface area contributed by atoms with Crippen LogP contribution < -0.4 is 4.90 Å². The number of thiazole rings is 1. The number of halogens is 2. The molecule has 4 nitrogen and oxygen atoms in total. The first-order valence-corrected chi connectivity index (χ1v) is 11.3. The lowest BCUT2D eigenvalue weighted by Gasteiger charge is -2.21. The van der Waals surface area contributed by atoms with Crippen molar-refractivity contribution in [3.8, 4) is 0 Å². The summed E-state index contributed by atoms with van der Waals surface area (Å²) in [6, 6.07) is 10.5. The molecule has 0 N–H and O–H groups in total. The van der Waals surface area contributed by atoms with Gasteiger partial charge in [-0.15, -0.1) is 24.2 Å². The van der Waals surface area contributed by atoms with E-state index in [0.717, 1.165) is 33.2 Å². The van der Waals surface area contributed by atoms with Crippen molar-refractivity contribution in [2.75, 3.05) is 37.8 Å². The molecule has 0 spiro atoms. The Bertz CT molecular complexity index is 992. The molecule has 0 aliphatic rings. The van der Waals surface area contributed by atoms with Crippen molar-refractivity contribution >= 4 is 56.8 Å². The molecule has 0 radical (unpaired) electrons. The number of hydrogen-bond acceptors (Lipinski definition) is 5. The van der Waals surface area contributed by atoms with Gasteiger partial charge in [-0.2, -0.15) is 0 Å². The van der Waals surface area contributed by atoms with Crippen molar-refractivity contribution in [3.05, 3.63) is 53.3 Å². The highest BCUT2D eigenvalue weighted by atomic mass is 35.5. The van der Waals surface area contributed by atoms with E-state index in [1.54, 1.807) is 28.4 Å². The van der Waals surface area contributed by atoms with Gasteiger partial charge in [-0.25, -0.2) is 9.37 Å². The van der Waals surface area contributed by atoms with Gasteiger partial charge in [0.2, 0.25) is 5.91 Å². The van der Waals surface area contributed by atoms with Crippen LogP contribution in [-0.2, 0) is 4.79 Å². The monoisotopic (exact) mass is 467 g/mol. The Morgan fingerprint density at radius 2 is 1.83 bits per heavy atom. The number of carbonyl (C=O) groups is 1. The van der Waals surface area contributed by atoms with Crippen LogP contribution in [0.25, 0.3) is 10.2 Å². The average Bonchev–Trinajstić information content (AvgIpc) is 3.08. The quantitative estimate of drug-likeness (QED) is 0.407. The molecule has 1 heterocycles. The predicted molar refractivity (Wildman–Crippen MR) is 129 cm³/mol. The summed E-state index contributed by atoms with van der Waals surface area (Å²) in [7, 11) is 4.06. The highest BCUT2D eigenvalue weighted by Gasteiger charge is 2.20. The number of nitrogens with zero attached hydrogens (tertiary/aromatic N) is 3. The number of aromatic nitrogens is 1. The van der Waals surface area contributed by atoms with Crippen LogP contribution in [-0.4, -0.2) is 48.7 Å². The summed E-state index contributed by atoms with van der Waals surface area (Å²) in [6.07, 6.45) is 0.869. The lowest BCUT2D eigenvalue weighted by Crippen LogP contribution is -2.34. The number of anilines is 1. The van der Waals surface area contributed by atoms with Gasteiger partial charge in [-0.05, 0) is 82.4 Å². The molecule has 3 rings (SSSR count). The van der Waals surface area contributed by atoms with Crippen molar-refractivity contribution in [2.24, 2.45) is 0 Å². The van der Waals surface area contributed by atoms with E-state index in [2.05, 4.69) is 30.9 Å². The minimum absolute atomic E-state index is 0. The van der Waals surface area contributed by atoms with Crippen LogP contribution in [0.1, 0.15) is 17.5 Å². The van der Waals surface area contributed by atoms with E-state index < -0.39 is 0 Å². The summed E-state index contributed by atoms with van der Waals surface area (Å²) in [6.45, 7) is 5.67. The molecular formula is C22H27ClFN3OS2. The molecule has 8 heteroatoms. The van der Waals surface area contributed by atoms with E-state index >= 15 is 0 Å². The Morgan fingerprint density at radius 3 is 2.50 bits per heavy atom. The molecule has 0 atom stereocenters. The van der Waals surface area contributed by atoms with Crippen LogP contribution >= 0.6 is 35.5 Å². The van der Waals surface area contributed by atoms with E-state index in [-0.39, 0.29) is 24.1 Å². The third-order valence-electron chi connectivity index (χ3n) is 4.50. The first kappa shape index (κ1) is 24.6. The van der Waals surface area contributed by atoms with Crippen LogP contribution in [0.4, 0.5) is 9.52 Å². The van der Waals surface area contributed by atoms with Gasteiger partial charge in [0, 0.05) is 11.4 Å². The third-order valence-corrected chi connectivity index (χ3v) is 6.73. The zero-order valence-corrected chi connectivity index (χ0v) is 20.1. The maximum Gasteiger partial charge on any atom is 0.239 e. The molecule has 30 heavy (non-hydrogen) atoms. The molecule has 0 aliphatic heterocycles. The lowest BCUT2D eigenvalue weighted by atomic mass is 10.1. The van der Waals surface area contributed by atoms with Crippen molar-refractivity contribution in [3.63, 3.8) is 0 Å². The van der Waals surface area contributed by atoms with Gasteiger partial charge in [-0.3, -0.25) is 9.69 Å². The zero-order chi connectivity index (χ0) is 21.0. The number of amides is 1. The Morgan fingerprint density at radius 1 is 1.13 bits per heavy atom. The first-order valence-electron chi connectivity index (χ1n) is 9.55. The summed E-state index contributed by atoms with van der Waals surface area (Å²) in [5, 5.41) is 0.747. The van der Waals surface area contributed by atoms with Gasteiger partial charge in [0.15, 0.2) is 5.13 Å². The highest BCUT2D eigenvalue weighted by Crippen LogP contribution is 2.33. The standard InChI is InChI=1S/C22H26FN3OS2.ClH/c1-15-12-16(2)21-19(13-15)24-22(29-21)26(11-5-10-25(3)4)20(27)14-28-18-8-6-17(23)7-9-18;/h6-9,12-13H,5,10-11,14H2,1-4H3;1H. The minimum atomic E-state index is -0.272. The number of aryl methyl sites for hydroxylation is 2. The van der Waals surface area contributed by atoms with Crippen LogP contribution in [0.3, 0.4) is 0 Å². The number of benzene rings is 2. The van der Waals surface area contributed by atoms with Crippen molar-refractivity contribution < 1.29 is 9.18 Å². The molecule has 0 unspecified atom stereocenters. The molecule has 0 aliphatic carbocycles. The summed E-state index contributed by atoms with van der Waals surface area (Å²) in [5.74, 6) is 0.0410. The largest absolute Gasteiger partial charge is 0.309 e. The average molecular weight is 468 g/mol. The van der Waals surface area contributed by atoms with Crippen LogP contribution in [0.15, 0.2) is 41.3 Å². The second-order valence-corrected chi connectivity index (χ2v) is 9.40. The summed E-state index contributed by atoms with van der Waals surface area (Å²) < 4.78 is 14.2. The molecule has 0 bridgehead atoms. The van der Waals surface area contributed by atoms with Gasteiger partial charge in [-0.1, -0.05) is 17.4 Å². The topological polar surface area (TPSA) is 36.4 Å². The van der Waals surface area contributed by atoms with Gasteiger partial charge in [0.25, 0.3) is 0 Å². The fraction of sp³-hybridized carbons (Fsp3) is 0.364. The third kappa shape index (κ3) is 6.41. The van der Waals surface area contributed by atoms with E-state index in [4.69, 9.17) is 4.98 Å². The second kappa shape index (κ2) is 11.1. The predicted octanol–water partition coefficient (Wildman–Crippen LogP) is 5.55. The number of fused-ring (bicyclic) bond motifs is 1. The van der Waals surface area contributed by atoms with Crippen LogP contribution in [0, 0.1) is 19.7 Å². The van der Waals surface area contributed by atoms with Crippen LogP contribution in [0.2, 0.25) is 0 Å². The number of carbonyl (C=O) groups excluding carboxylic acids is 1. The molecule has 1 amide bonds. The molecule has 162 valence electrons. The number of rotatable bonds is 8. The number of thioether (sulfide) groups is 1. The Balaban J connectivity index is 0.00000320. The normalized spacial score (nSPS) is 11.0. The fourth-order valence-corrected chi connectivity index (χ4v) is 4.94. The minimum Gasteiger partial charge on any atom is -0.309 e. The maximum absolute atomic E-state index is 13.1. The van der Waals surface area contributed by atoms with Crippen molar-refractivity contribution in [1.82, 2.24) is 9.88 Å². The smallest absolute Gasteiger partial charge is 0.239 e. The zero-order valence-electron chi connectivity index (χ0n) is 17.6. The van der Waals surface area contributed by atoms with Crippen LogP contribution in [0.5, 0.6) is 0 Å². The SMILES string of the molecule is Cc1cc(C)c2sc(N(CCCN(C)C)C(=O)CSc3ccc(F)cc3)nc2c1.Cl. The van der Waals surface area contributed by atoms with Crippen molar-refractivity contribution in [1.29, 1.82) is 0 Å². The fourth-order valence-electron chi connectivity index (χ4n) is 3.11. The van der Waals surface area contributed by atoms with Gasteiger partial charge < -0.3 is 4.90 Å². The Hall–Kier alpha value is -1.67. The van der Waals surface area contributed by atoms with Crippen molar-refractivity contribution in [2.45, 2.75) is 25.2 Å². The van der Waals surface area contributed by atoms with Gasteiger partial charge in [0.05, 0.1) is 16.0 Å². The molecule has 3 aromatic rings.